The SMILES string of the molecule is CCN(CC)CCN(C)c1ncnc(/C=C2/SC(=O)NC2=O)n1. The summed E-state index contributed by atoms with van der Waals surface area (Å²) in [5.41, 5.74) is 0. The number of nitrogens with zero attached hydrogens (tertiary/aromatic N) is 5. The van der Waals surface area contributed by atoms with E-state index in [-0.39, 0.29) is 10.1 Å². The van der Waals surface area contributed by atoms with E-state index in [2.05, 4.69) is 39.0 Å². The molecular formula is C14H20N6O2S. The first-order chi connectivity index (χ1) is 11.0. The molecule has 1 aliphatic heterocycles. The molecule has 2 amide bonds. The topological polar surface area (TPSA) is 91.3 Å². The Kier molecular flexibility index (Phi) is 6.05. The number of likely N-dealkylation sites (N-methyl/N-ethyl adjacent to an activating group) is 2. The molecule has 0 unspecified atom stereocenters. The molecule has 0 spiro atoms. The molecule has 1 saturated heterocycles. The quantitative estimate of drug-likeness (QED) is 0.737. The molecule has 0 saturated carbocycles. The molecule has 1 aliphatic rings. The molecule has 1 aromatic heterocycles. The molecule has 0 aromatic carbocycles. The number of amides is 2. The maximum absolute atomic E-state index is 11.5. The summed E-state index contributed by atoms with van der Waals surface area (Å²) in [6.07, 6.45) is 2.90. The van der Waals surface area contributed by atoms with Crippen molar-refractivity contribution in [2.75, 3.05) is 38.1 Å². The maximum Gasteiger partial charge on any atom is 0.290 e. The van der Waals surface area contributed by atoms with E-state index in [0.29, 0.717) is 11.8 Å². The molecule has 1 N–H and O–H groups in total. The molecule has 23 heavy (non-hydrogen) atoms. The van der Waals surface area contributed by atoms with E-state index in [0.717, 1.165) is 37.9 Å². The van der Waals surface area contributed by atoms with Crippen LogP contribution in [0.3, 0.4) is 0 Å². The van der Waals surface area contributed by atoms with Crippen LogP contribution in [-0.4, -0.2) is 64.2 Å². The number of rotatable bonds is 7. The van der Waals surface area contributed by atoms with Crippen molar-refractivity contribution in [2.45, 2.75) is 13.8 Å². The molecule has 0 aliphatic carbocycles. The third-order valence-corrected chi connectivity index (χ3v) is 4.28. The number of hydrogen-bond acceptors (Lipinski definition) is 8. The van der Waals surface area contributed by atoms with Crippen molar-refractivity contribution in [2.24, 2.45) is 0 Å². The lowest BCUT2D eigenvalue weighted by Crippen LogP contribution is -2.33. The van der Waals surface area contributed by atoms with Crippen molar-refractivity contribution >= 4 is 34.9 Å². The fourth-order valence-corrected chi connectivity index (χ4v) is 2.67. The average molecular weight is 336 g/mol. The molecule has 8 nitrogen and oxygen atoms in total. The number of thioether (sulfide) groups is 1. The van der Waals surface area contributed by atoms with Crippen LogP contribution in [0.5, 0.6) is 0 Å². The first kappa shape index (κ1) is 17.4. The molecule has 1 fully saturated rings. The van der Waals surface area contributed by atoms with Crippen molar-refractivity contribution < 1.29 is 9.59 Å². The summed E-state index contributed by atoms with van der Waals surface area (Å²) in [5.74, 6) is 0.475. The summed E-state index contributed by atoms with van der Waals surface area (Å²) in [7, 11) is 1.91. The third-order valence-electron chi connectivity index (χ3n) is 3.47. The highest BCUT2D eigenvalue weighted by molar-refractivity contribution is 8.18. The number of carbonyl (C=O) groups excluding carboxylic acids is 2. The zero-order valence-electron chi connectivity index (χ0n) is 13.4. The fraction of sp³-hybridized carbons (Fsp3) is 0.500. The van der Waals surface area contributed by atoms with Gasteiger partial charge in [-0.1, -0.05) is 13.8 Å². The lowest BCUT2D eigenvalue weighted by Gasteiger charge is -2.23. The van der Waals surface area contributed by atoms with Crippen LogP contribution in [0.1, 0.15) is 19.7 Å². The van der Waals surface area contributed by atoms with E-state index in [1.165, 1.54) is 12.4 Å². The normalized spacial score (nSPS) is 16.3. The van der Waals surface area contributed by atoms with Crippen LogP contribution in [0.15, 0.2) is 11.2 Å². The zero-order valence-corrected chi connectivity index (χ0v) is 14.3. The van der Waals surface area contributed by atoms with Gasteiger partial charge < -0.3 is 9.80 Å². The maximum atomic E-state index is 11.5. The summed E-state index contributed by atoms with van der Waals surface area (Å²) in [6, 6.07) is 0. The number of hydrogen-bond donors (Lipinski definition) is 1. The highest BCUT2D eigenvalue weighted by atomic mass is 32.2. The molecule has 0 bridgehead atoms. The van der Waals surface area contributed by atoms with Gasteiger partial charge in [-0.25, -0.2) is 9.97 Å². The van der Waals surface area contributed by atoms with Crippen LogP contribution in [0, 0.1) is 0 Å². The summed E-state index contributed by atoms with van der Waals surface area (Å²) in [5, 5.41) is 1.82. The van der Waals surface area contributed by atoms with Gasteiger partial charge >= 0.3 is 0 Å². The second-order valence-corrected chi connectivity index (χ2v) is 5.96. The Morgan fingerprint density at radius 1 is 1.22 bits per heavy atom. The van der Waals surface area contributed by atoms with E-state index in [1.54, 1.807) is 0 Å². The molecule has 1 aromatic rings. The lowest BCUT2D eigenvalue weighted by molar-refractivity contribution is -0.115. The summed E-state index contributed by atoms with van der Waals surface area (Å²) >= 11 is 0.844. The van der Waals surface area contributed by atoms with Gasteiger partial charge in [0, 0.05) is 26.2 Å². The van der Waals surface area contributed by atoms with Gasteiger partial charge in [0.15, 0.2) is 5.82 Å². The van der Waals surface area contributed by atoms with Crippen molar-refractivity contribution in [1.82, 2.24) is 25.2 Å². The minimum atomic E-state index is -0.420. The van der Waals surface area contributed by atoms with E-state index in [9.17, 15) is 9.59 Å². The molecule has 0 radical (unpaired) electrons. The van der Waals surface area contributed by atoms with Crippen molar-refractivity contribution in [3.8, 4) is 0 Å². The Morgan fingerprint density at radius 2 is 1.96 bits per heavy atom. The second kappa shape index (κ2) is 8.02. The van der Waals surface area contributed by atoms with Gasteiger partial charge in [-0.15, -0.1) is 0 Å². The Hall–Kier alpha value is -2.00. The first-order valence-corrected chi connectivity index (χ1v) is 8.22. The van der Waals surface area contributed by atoms with Gasteiger partial charge in [-0.2, -0.15) is 4.98 Å². The minimum Gasteiger partial charge on any atom is -0.342 e. The monoisotopic (exact) mass is 336 g/mol. The lowest BCUT2D eigenvalue weighted by atomic mass is 10.4. The summed E-state index contributed by atoms with van der Waals surface area (Å²) in [4.78, 5) is 39.8. The fourth-order valence-electron chi connectivity index (χ4n) is 2.02. The predicted octanol–water partition coefficient (Wildman–Crippen LogP) is 0.973. The molecule has 124 valence electrons. The highest BCUT2D eigenvalue weighted by Gasteiger charge is 2.25. The number of aromatic nitrogens is 3. The second-order valence-electron chi connectivity index (χ2n) is 4.94. The van der Waals surface area contributed by atoms with Gasteiger partial charge in [-0.05, 0) is 24.9 Å². The minimum absolute atomic E-state index is 0.290. The van der Waals surface area contributed by atoms with E-state index < -0.39 is 5.91 Å². The van der Waals surface area contributed by atoms with Gasteiger partial charge in [0.05, 0.1) is 4.91 Å². The third kappa shape index (κ3) is 4.73. The van der Waals surface area contributed by atoms with Crippen LogP contribution in [0.4, 0.5) is 10.7 Å². The van der Waals surface area contributed by atoms with Gasteiger partial charge in [-0.3, -0.25) is 14.9 Å². The van der Waals surface area contributed by atoms with E-state index >= 15 is 0 Å². The first-order valence-electron chi connectivity index (χ1n) is 7.40. The summed E-state index contributed by atoms with van der Waals surface area (Å²) in [6.45, 7) is 7.96. The van der Waals surface area contributed by atoms with Gasteiger partial charge in [0.1, 0.15) is 6.33 Å². The smallest absolute Gasteiger partial charge is 0.290 e. The van der Waals surface area contributed by atoms with E-state index in [4.69, 9.17) is 0 Å². The molecule has 2 heterocycles. The molecule has 2 rings (SSSR count). The Labute approximate surface area is 139 Å². The van der Waals surface area contributed by atoms with Crippen LogP contribution in [0.25, 0.3) is 6.08 Å². The average Bonchev–Trinajstić information content (AvgIpc) is 2.86. The Bertz CT molecular complexity index is 617. The highest BCUT2D eigenvalue weighted by Crippen LogP contribution is 2.24. The molecular weight excluding hydrogens is 316 g/mol. The van der Waals surface area contributed by atoms with Crippen molar-refractivity contribution in [1.29, 1.82) is 0 Å². The summed E-state index contributed by atoms with van der Waals surface area (Å²) < 4.78 is 0. The predicted molar refractivity (Wildman–Crippen MR) is 90.0 cm³/mol. The largest absolute Gasteiger partial charge is 0.342 e. The van der Waals surface area contributed by atoms with Gasteiger partial charge in [0.25, 0.3) is 11.1 Å². The zero-order chi connectivity index (χ0) is 16.8. The molecule has 0 atom stereocenters. The van der Waals surface area contributed by atoms with Crippen molar-refractivity contribution in [3.63, 3.8) is 0 Å². The Balaban J connectivity index is 2.06. The number of nitrogens with one attached hydrogen (secondary N) is 1. The van der Waals surface area contributed by atoms with Crippen LogP contribution >= 0.6 is 11.8 Å². The van der Waals surface area contributed by atoms with Crippen molar-refractivity contribution in [3.05, 3.63) is 17.1 Å². The number of carbonyl (C=O) groups is 2. The van der Waals surface area contributed by atoms with Crippen LogP contribution < -0.4 is 10.2 Å². The Morgan fingerprint density at radius 3 is 2.57 bits per heavy atom. The number of anilines is 1. The number of imide groups is 1. The van der Waals surface area contributed by atoms with Gasteiger partial charge in [0.2, 0.25) is 5.95 Å². The van der Waals surface area contributed by atoms with Crippen LogP contribution in [-0.2, 0) is 4.79 Å². The van der Waals surface area contributed by atoms with Crippen LogP contribution in [0.2, 0.25) is 0 Å². The molecule has 9 heteroatoms. The van der Waals surface area contributed by atoms with E-state index in [1.807, 2.05) is 11.9 Å². The standard InChI is InChI=1S/C14H20N6O2S/c1-4-20(5-2)7-6-19(3)13-16-9-15-11(17-13)8-10-12(21)18-14(22)23-10/h8-9H,4-7H2,1-3H3,(H,18,21,22)/b10-8+.